The maximum absolute atomic E-state index is 11.8. The van der Waals surface area contributed by atoms with Crippen LogP contribution in [0.4, 0.5) is 11.4 Å². The van der Waals surface area contributed by atoms with Crippen LogP contribution in [0.5, 0.6) is 11.5 Å². The molecule has 0 spiro atoms. The number of fused-ring (bicyclic) bond motifs is 1. The number of nitrogens with one attached hydrogen (secondary N) is 1. The Morgan fingerprint density at radius 2 is 2.00 bits per heavy atom. The second-order valence-corrected chi connectivity index (χ2v) is 8.27. The number of rotatable bonds is 4. The van der Waals surface area contributed by atoms with E-state index in [1.807, 2.05) is 35.7 Å². The van der Waals surface area contributed by atoms with Crippen LogP contribution in [0.1, 0.15) is 5.01 Å². The third kappa shape index (κ3) is 3.27. The maximum Gasteiger partial charge on any atom is 0.264 e. The largest absolute Gasteiger partial charge is 0.510 e. The molecule has 9 heteroatoms. The van der Waals surface area contributed by atoms with Gasteiger partial charge in [0.1, 0.15) is 28.1 Å². The molecule has 0 unspecified atom stereocenters. The van der Waals surface area contributed by atoms with Gasteiger partial charge in [0, 0.05) is 29.7 Å². The lowest BCUT2D eigenvalue weighted by Gasteiger charge is -2.27. The topological polar surface area (TPSA) is 99.0 Å². The van der Waals surface area contributed by atoms with E-state index in [0.717, 1.165) is 17.0 Å². The molecule has 1 amide bonds. The average Bonchev–Trinajstić information content (AvgIpc) is 3.40. The molecule has 8 nitrogen and oxygen atoms in total. The van der Waals surface area contributed by atoms with E-state index in [-0.39, 0.29) is 30.7 Å². The Labute approximate surface area is 188 Å². The third-order valence-corrected chi connectivity index (χ3v) is 6.41. The van der Waals surface area contributed by atoms with Crippen molar-refractivity contribution in [1.82, 2.24) is 4.98 Å². The van der Waals surface area contributed by atoms with Gasteiger partial charge in [0.15, 0.2) is 6.61 Å². The van der Waals surface area contributed by atoms with Crippen LogP contribution in [0.3, 0.4) is 0 Å². The monoisotopic (exact) mass is 448 g/mol. The van der Waals surface area contributed by atoms with E-state index in [1.165, 1.54) is 11.3 Å². The van der Waals surface area contributed by atoms with Crippen molar-refractivity contribution >= 4 is 40.0 Å². The standard InChI is InChI=1S/C23H20N4O4S/c1-26-17-8-5-14(9-19(17)31-11-20(26)29)27-10-18(28)21(22(27)24)23-25-16(12-32-23)13-3-6-15(30-2)7-4-13/h3-9,12,24,28H,10-11H2,1-2H3. The molecule has 5 rings (SSSR count). The van der Waals surface area contributed by atoms with Crippen molar-refractivity contribution in [3.8, 4) is 22.8 Å². The number of hydrogen-bond acceptors (Lipinski definition) is 7. The minimum absolute atomic E-state index is 0.0214. The quantitative estimate of drug-likeness (QED) is 0.627. The summed E-state index contributed by atoms with van der Waals surface area (Å²) < 4.78 is 10.8. The Kier molecular flexibility index (Phi) is 4.82. The first-order chi connectivity index (χ1) is 15.5. The molecule has 2 aliphatic heterocycles. The van der Waals surface area contributed by atoms with Gasteiger partial charge in [-0.05, 0) is 36.4 Å². The molecule has 0 saturated heterocycles. The van der Waals surface area contributed by atoms with E-state index in [1.54, 1.807) is 36.1 Å². The molecule has 1 aromatic heterocycles. The summed E-state index contributed by atoms with van der Waals surface area (Å²) in [5.41, 5.74) is 3.50. The van der Waals surface area contributed by atoms with Gasteiger partial charge in [-0.15, -0.1) is 11.3 Å². The minimum Gasteiger partial charge on any atom is -0.510 e. The van der Waals surface area contributed by atoms with Gasteiger partial charge in [0.05, 0.1) is 30.6 Å². The second-order valence-electron chi connectivity index (χ2n) is 7.42. The lowest BCUT2D eigenvalue weighted by atomic mass is 10.1. The number of aromatic nitrogens is 1. The molecule has 162 valence electrons. The first-order valence-electron chi connectivity index (χ1n) is 9.88. The van der Waals surface area contributed by atoms with Crippen LogP contribution >= 0.6 is 11.3 Å². The SMILES string of the molecule is COc1ccc(-c2csc(C3=C(O)CN(c4ccc5c(c4)OCC(=O)N5C)C3=N)n2)cc1. The Balaban J connectivity index is 1.41. The van der Waals surface area contributed by atoms with Gasteiger partial charge < -0.3 is 24.4 Å². The lowest BCUT2D eigenvalue weighted by molar-refractivity contribution is -0.120. The van der Waals surface area contributed by atoms with E-state index in [4.69, 9.17) is 14.9 Å². The highest BCUT2D eigenvalue weighted by Gasteiger charge is 2.32. The van der Waals surface area contributed by atoms with Crippen LogP contribution in [0, 0.1) is 5.41 Å². The zero-order valence-electron chi connectivity index (χ0n) is 17.5. The molecule has 0 saturated carbocycles. The van der Waals surface area contributed by atoms with Crippen molar-refractivity contribution in [2.24, 2.45) is 0 Å². The third-order valence-electron chi connectivity index (χ3n) is 5.55. The van der Waals surface area contributed by atoms with Crippen LogP contribution in [0.2, 0.25) is 0 Å². The number of hydrogen-bond donors (Lipinski definition) is 2. The van der Waals surface area contributed by atoms with E-state index in [0.29, 0.717) is 27.7 Å². The number of methoxy groups -OCH3 is 1. The van der Waals surface area contributed by atoms with E-state index in [9.17, 15) is 9.90 Å². The fourth-order valence-electron chi connectivity index (χ4n) is 3.74. The van der Waals surface area contributed by atoms with Crippen LogP contribution in [0.25, 0.3) is 16.8 Å². The molecule has 0 fully saturated rings. The maximum atomic E-state index is 11.8. The Bertz CT molecular complexity index is 1270. The smallest absolute Gasteiger partial charge is 0.264 e. The van der Waals surface area contributed by atoms with Crippen molar-refractivity contribution < 1.29 is 19.4 Å². The van der Waals surface area contributed by atoms with Crippen molar-refractivity contribution in [2.75, 3.05) is 37.1 Å². The number of likely N-dealkylation sites (N-methyl/N-ethyl adjacent to an activating group) is 1. The van der Waals surface area contributed by atoms with Gasteiger partial charge in [0.25, 0.3) is 5.91 Å². The number of thiazole rings is 1. The number of aliphatic hydroxyl groups excluding tert-OH is 1. The van der Waals surface area contributed by atoms with E-state index in [2.05, 4.69) is 4.98 Å². The highest BCUT2D eigenvalue weighted by Crippen LogP contribution is 2.39. The molecule has 2 aromatic carbocycles. The first-order valence-corrected chi connectivity index (χ1v) is 10.8. The predicted molar refractivity (Wildman–Crippen MR) is 124 cm³/mol. The van der Waals surface area contributed by atoms with Crippen LogP contribution in [-0.2, 0) is 4.79 Å². The number of carbonyl (C=O) groups excluding carboxylic acids is 1. The molecule has 0 radical (unpaired) electrons. The first kappa shape index (κ1) is 20.1. The molecular formula is C23H20N4O4S. The molecule has 0 bridgehead atoms. The fourth-order valence-corrected chi connectivity index (χ4v) is 4.64. The van der Waals surface area contributed by atoms with Gasteiger partial charge in [-0.2, -0.15) is 0 Å². The summed E-state index contributed by atoms with van der Waals surface area (Å²) in [6.45, 7) is 0.144. The predicted octanol–water partition coefficient (Wildman–Crippen LogP) is 3.94. The summed E-state index contributed by atoms with van der Waals surface area (Å²) in [5, 5.41) is 21.9. The van der Waals surface area contributed by atoms with E-state index < -0.39 is 0 Å². The highest BCUT2D eigenvalue weighted by atomic mass is 32.1. The Morgan fingerprint density at radius 3 is 2.75 bits per heavy atom. The Morgan fingerprint density at radius 1 is 1.22 bits per heavy atom. The van der Waals surface area contributed by atoms with Crippen LogP contribution in [-0.4, -0.2) is 49.1 Å². The minimum atomic E-state index is -0.114. The molecule has 2 aliphatic rings. The second kappa shape index (κ2) is 7.69. The number of benzene rings is 2. The molecule has 3 heterocycles. The number of aliphatic hydroxyl groups is 1. The molecule has 32 heavy (non-hydrogen) atoms. The van der Waals surface area contributed by atoms with Gasteiger partial charge in [-0.1, -0.05) is 0 Å². The van der Waals surface area contributed by atoms with Crippen molar-refractivity contribution in [3.63, 3.8) is 0 Å². The van der Waals surface area contributed by atoms with E-state index >= 15 is 0 Å². The summed E-state index contributed by atoms with van der Waals surface area (Å²) in [5.74, 6) is 1.48. The number of ether oxygens (including phenoxy) is 2. The van der Waals surface area contributed by atoms with Gasteiger partial charge in [0.2, 0.25) is 0 Å². The number of carbonyl (C=O) groups is 1. The van der Waals surface area contributed by atoms with Gasteiger partial charge in [-0.3, -0.25) is 10.2 Å². The summed E-state index contributed by atoms with van der Waals surface area (Å²) >= 11 is 1.38. The molecule has 0 atom stereocenters. The van der Waals surface area contributed by atoms with Gasteiger partial charge in [-0.25, -0.2) is 4.98 Å². The number of amidine groups is 1. The number of nitrogens with zero attached hydrogens (tertiary/aromatic N) is 3. The van der Waals surface area contributed by atoms with Gasteiger partial charge >= 0.3 is 0 Å². The normalized spacial score (nSPS) is 15.8. The molecule has 0 aliphatic carbocycles. The van der Waals surface area contributed by atoms with Crippen molar-refractivity contribution in [1.29, 1.82) is 5.41 Å². The molecule has 3 aromatic rings. The van der Waals surface area contributed by atoms with Crippen LogP contribution < -0.4 is 19.3 Å². The van der Waals surface area contributed by atoms with Crippen LogP contribution in [0.15, 0.2) is 53.6 Å². The molecular weight excluding hydrogens is 428 g/mol. The highest BCUT2D eigenvalue weighted by molar-refractivity contribution is 7.11. The average molecular weight is 449 g/mol. The summed E-state index contributed by atoms with van der Waals surface area (Å²) in [7, 11) is 3.32. The summed E-state index contributed by atoms with van der Waals surface area (Å²) in [6.07, 6.45) is 0. The van der Waals surface area contributed by atoms with Crippen molar-refractivity contribution in [2.45, 2.75) is 0 Å². The summed E-state index contributed by atoms with van der Waals surface area (Å²) in [4.78, 5) is 19.7. The number of amides is 1. The summed E-state index contributed by atoms with van der Waals surface area (Å²) in [6, 6.07) is 13.0. The number of anilines is 2. The zero-order chi connectivity index (χ0) is 22.4. The molecule has 2 N–H and O–H groups in total. The zero-order valence-corrected chi connectivity index (χ0v) is 18.3. The lowest BCUT2D eigenvalue weighted by Crippen LogP contribution is -2.35. The van der Waals surface area contributed by atoms with Crippen molar-refractivity contribution in [3.05, 3.63) is 58.6 Å². The fraction of sp³-hybridized carbons (Fsp3) is 0.174. The Hall–Kier alpha value is -3.85.